The van der Waals surface area contributed by atoms with E-state index in [2.05, 4.69) is 15.3 Å². The van der Waals surface area contributed by atoms with Crippen molar-refractivity contribution in [1.29, 1.82) is 0 Å². The molecule has 6 rings (SSSR count). The van der Waals surface area contributed by atoms with E-state index in [1.807, 2.05) is 0 Å². The van der Waals surface area contributed by atoms with Gasteiger partial charge in [-0.1, -0.05) is 6.07 Å². The molecule has 2 saturated heterocycles. The Hall–Kier alpha value is -3.91. The van der Waals surface area contributed by atoms with Gasteiger partial charge in [0.1, 0.15) is 12.1 Å². The molecule has 1 aromatic carbocycles. The minimum absolute atomic E-state index is 0.0124. The fourth-order valence-corrected chi connectivity index (χ4v) is 6.52. The molecule has 3 fully saturated rings. The van der Waals surface area contributed by atoms with Crippen LogP contribution in [-0.2, 0) is 14.3 Å². The van der Waals surface area contributed by atoms with E-state index in [0.717, 1.165) is 18.9 Å². The minimum atomic E-state index is -1.08. The summed E-state index contributed by atoms with van der Waals surface area (Å²) in [5.41, 5.74) is 0.616. The number of thiazole rings is 1. The summed E-state index contributed by atoms with van der Waals surface area (Å²) in [6.45, 7) is 2.28. The molecule has 0 radical (unpaired) electrons. The number of piperazine rings is 1. The number of hydrogen-bond acceptors (Lipinski definition) is 9. The lowest BCUT2D eigenvalue weighted by Crippen LogP contribution is -2.62. The van der Waals surface area contributed by atoms with Crippen molar-refractivity contribution in [2.75, 3.05) is 33.3 Å². The maximum Gasteiger partial charge on any atom is 0.338 e. The number of amides is 2. The molecule has 2 N–H and O–H groups in total. The lowest BCUT2D eigenvalue weighted by Gasteiger charge is -2.42. The zero-order valence-corrected chi connectivity index (χ0v) is 23.2. The van der Waals surface area contributed by atoms with Gasteiger partial charge >= 0.3 is 18.0 Å². The number of aromatic nitrogens is 1. The number of carbonyl (C=O) groups is 3. The number of carboxylic acids is 1. The molecule has 2 amide bonds. The number of methoxy groups -OCH3 is 1. The highest BCUT2D eigenvalue weighted by molar-refractivity contribution is 7.11. The SMILES string of the molecule is COC(=O)C1=C(CN2CCN3C(=O)N(C4CC4)C[C@@H]3[C@H]2C(=O)O)NC(c2nccs2)=N[C@H]1c1ccc(F)c(F)c1C. The molecule has 4 heterocycles. The van der Waals surface area contributed by atoms with Crippen LogP contribution in [0.3, 0.4) is 0 Å². The van der Waals surface area contributed by atoms with Gasteiger partial charge in [0.05, 0.1) is 18.7 Å². The normalized spacial score (nSPS) is 24.7. The van der Waals surface area contributed by atoms with Crippen molar-refractivity contribution in [3.05, 3.63) is 62.7 Å². The van der Waals surface area contributed by atoms with Gasteiger partial charge in [0.25, 0.3) is 0 Å². The predicted molar refractivity (Wildman–Crippen MR) is 143 cm³/mol. The number of nitrogens with one attached hydrogen (secondary N) is 1. The van der Waals surface area contributed by atoms with E-state index in [1.54, 1.807) is 26.3 Å². The number of hydrogen-bond donors (Lipinski definition) is 2. The Morgan fingerprint density at radius 2 is 2.00 bits per heavy atom. The van der Waals surface area contributed by atoms with E-state index in [1.165, 1.54) is 31.4 Å². The van der Waals surface area contributed by atoms with Gasteiger partial charge in [-0.15, -0.1) is 11.3 Å². The largest absolute Gasteiger partial charge is 0.480 e. The number of urea groups is 1. The monoisotopic (exact) mass is 586 g/mol. The first-order chi connectivity index (χ1) is 19.7. The quantitative estimate of drug-likeness (QED) is 0.474. The number of aliphatic carboxylic acids is 1. The van der Waals surface area contributed by atoms with E-state index in [9.17, 15) is 28.3 Å². The average Bonchev–Trinajstić information content (AvgIpc) is 3.53. The van der Waals surface area contributed by atoms with Crippen molar-refractivity contribution in [2.45, 2.75) is 43.9 Å². The molecule has 1 saturated carbocycles. The van der Waals surface area contributed by atoms with Gasteiger partial charge in [-0.05, 0) is 37.0 Å². The number of ether oxygens (including phenoxy) is 1. The number of aliphatic imine (C=N–C) groups is 1. The Bertz CT molecular complexity index is 1480. The lowest BCUT2D eigenvalue weighted by molar-refractivity contribution is -0.147. The molecule has 0 unspecified atom stereocenters. The van der Waals surface area contributed by atoms with Crippen LogP contribution in [0.4, 0.5) is 13.6 Å². The van der Waals surface area contributed by atoms with E-state index in [-0.39, 0.29) is 41.9 Å². The number of benzene rings is 1. The number of esters is 1. The van der Waals surface area contributed by atoms with E-state index >= 15 is 0 Å². The fourth-order valence-electron chi connectivity index (χ4n) is 5.94. The van der Waals surface area contributed by atoms with Crippen LogP contribution < -0.4 is 5.32 Å². The van der Waals surface area contributed by atoms with E-state index < -0.39 is 41.7 Å². The fraction of sp³-hybridized carbons (Fsp3) is 0.444. The molecule has 216 valence electrons. The summed E-state index contributed by atoms with van der Waals surface area (Å²) < 4.78 is 33.8. The number of carbonyl (C=O) groups excluding carboxylic acids is 2. The van der Waals surface area contributed by atoms with Gasteiger partial charge in [-0.2, -0.15) is 0 Å². The number of rotatable bonds is 7. The van der Waals surface area contributed by atoms with Crippen molar-refractivity contribution in [3.8, 4) is 0 Å². The Balaban J connectivity index is 1.41. The van der Waals surface area contributed by atoms with Crippen molar-refractivity contribution in [1.82, 2.24) is 25.0 Å². The Labute approximate surface area is 238 Å². The number of halogens is 2. The molecule has 1 aromatic heterocycles. The second-order valence-corrected chi connectivity index (χ2v) is 11.4. The third kappa shape index (κ3) is 4.74. The molecule has 0 spiro atoms. The molecule has 2 aromatic rings. The summed E-state index contributed by atoms with van der Waals surface area (Å²) in [7, 11) is 1.21. The molecular weight excluding hydrogens is 558 g/mol. The molecule has 3 atom stereocenters. The zero-order valence-electron chi connectivity index (χ0n) is 22.3. The average molecular weight is 587 g/mol. The highest BCUT2D eigenvalue weighted by Gasteiger charge is 2.52. The van der Waals surface area contributed by atoms with Gasteiger partial charge in [-0.3, -0.25) is 14.7 Å². The van der Waals surface area contributed by atoms with Crippen LogP contribution in [0.2, 0.25) is 0 Å². The van der Waals surface area contributed by atoms with Gasteiger partial charge in [0.15, 0.2) is 22.5 Å². The first kappa shape index (κ1) is 27.3. The first-order valence-electron chi connectivity index (χ1n) is 13.2. The maximum atomic E-state index is 14.7. The molecule has 11 nitrogen and oxygen atoms in total. The Kier molecular flexibility index (Phi) is 6.98. The zero-order chi connectivity index (χ0) is 29.0. The van der Waals surface area contributed by atoms with Crippen LogP contribution in [0.5, 0.6) is 0 Å². The van der Waals surface area contributed by atoms with Crippen LogP contribution in [-0.4, -0.2) is 100 Å². The molecule has 14 heteroatoms. The molecule has 4 aliphatic rings. The highest BCUT2D eigenvalue weighted by Crippen LogP contribution is 2.38. The smallest absolute Gasteiger partial charge is 0.338 e. The first-order valence-corrected chi connectivity index (χ1v) is 14.1. The minimum Gasteiger partial charge on any atom is -0.480 e. The summed E-state index contributed by atoms with van der Waals surface area (Å²) in [5, 5.41) is 15.7. The summed E-state index contributed by atoms with van der Waals surface area (Å²) in [5.74, 6) is -3.60. The molecule has 1 aliphatic carbocycles. The molecule has 3 aliphatic heterocycles. The number of nitrogens with zero attached hydrogens (tertiary/aromatic N) is 5. The maximum absolute atomic E-state index is 14.7. The third-order valence-electron chi connectivity index (χ3n) is 8.11. The molecule has 0 bridgehead atoms. The number of carboxylic acid groups (broad SMARTS) is 1. The topological polar surface area (TPSA) is 128 Å². The van der Waals surface area contributed by atoms with Crippen LogP contribution in [0, 0.1) is 18.6 Å². The van der Waals surface area contributed by atoms with Crippen LogP contribution >= 0.6 is 11.3 Å². The summed E-state index contributed by atoms with van der Waals surface area (Å²) in [6, 6.07) is -0.289. The van der Waals surface area contributed by atoms with E-state index in [4.69, 9.17) is 4.74 Å². The summed E-state index contributed by atoms with van der Waals surface area (Å²) in [4.78, 5) is 53.0. The Morgan fingerprint density at radius 1 is 1.22 bits per heavy atom. The molecular formula is C27H28F2N6O5S. The molecule has 41 heavy (non-hydrogen) atoms. The van der Waals surface area contributed by atoms with Gasteiger partial charge in [0.2, 0.25) is 0 Å². The standard InChI is InChI=1S/C27H28F2N6O5S/c1-13-15(5-6-16(28)20(13)29)21-19(26(38)40-2)17(31-23(32-21)24-30-7-10-41-24)11-33-8-9-34-18(22(33)25(36)37)12-35(27(34)39)14-3-4-14/h5-7,10,14,18,21-22H,3-4,8-9,11-12H2,1-2H3,(H,31,32)(H,36,37)/t18-,21+,22+/m1/s1. The second kappa shape index (κ2) is 10.5. The van der Waals surface area contributed by atoms with Crippen LogP contribution in [0.25, 0.3) is 0 Å². The summed E-state index contributed by atoms with van der Waals surface area (Å²) in [6.07, 6.45) is 3.41. The van der Waals surface area contributed by atoms with Crippen molar-refractivity contribution in [2.24, 2.45) is 4.99 Å². The predicted octanol–water partition coefficient (Wildman–Crippen LogP) is 2.29. The lowest BCUT2D eigenvalue weighted by atomic mass is 9.91. The van der Waals surface area contributed by atoms with Crippen molar-refractivity contribution < 1.29 is 33.0 Å². The van der Waals surface area contributed by atoms with Crippen LogP contribution in [0.1, 0.15) is 35.0 Å². The number of amidine groups is 1. The second-order valence-electron chi connectivity index (χ2n) is 10.5. The summed E-state index contributed by atoms with van der Waals surface area (Å²) >= 11 is 1.29. The third-order valence-corrected chi connectivity index (χ3v) is 8.89. The van der Waals surface area contributed by atoms with Crippen molar-refractivity contribution >= 4 is 35.1 Å². The van der Waals surface area contributed by atoms with Gasteiger partial charge < -0.3 is 25.0 Å². The Morgan fingerprint density at radius 3 is 2.66 bits per heavy atom. The highest BCUT2D eigenvalue weighted by atomic mass is 32.1. The number of fused-ring (bicyclic) bond motifs is 1. The van der Waals surface area contributed by atoms with Gasteiger partial charge in [0, 0.05) is 49.5 Å². The van der Waals surface area contributed by atoms with E-state index in [0.29, 0.717) is 29.6 Å². The van der Waals surface area contributed by atoms with Crippen molar-refractivity contribution in [3.63, 3.8) is 0 Å². The van der Waals surface area contributed by atoms with Gasteiger partial charge in [-0.25, -0.2) is 23.4 Å². The van der Waals surface area contributed by atoms with Crippen LogP contribution in [0.15, 0.2) is 40.0 Å².